The monoisotopic (exact) mass is 616 g/mol. The number of methoxy groups -OCH3 is 1. The lowest BCUT2D eigenvalue weighted by molar-refractivity contribution is -0.117. The van der Waals surface area contributed by atoms with Crippen LogP contribution in [0.5, 0.6) is 11.5 Å². The molecule has 45 heavy (non-hydrogen) atoms. The molecule has 7 rings (SSSR count). The summed E-state index contributed by atoms with van der Waals surface area (Å²) in [6.07, 6.45) is 0. The van der Waals surface area contributed by atoms with Crippen LogP contribution in [0.15, 0.2) is 107 Å². The maximum Gasteiger partial charge on any atom is 0.296 e. The number of anilines is 1. The van der Waals surface area contributed by atoms with Gasteiger partial charge in [0.05, 0.1) is 28.9 Å². The Morgan fingerprint density at radius 1 is 0.978 bits per heavy atom. The lowest BCUT2D eigenvalue weighted by atomic mass is 9.95. The summed E-state index contributed by atoms with van der Waals surface area (Å²) in [5.41, 5.74) is 4.73. The Kier molecular flexibility index (Phi) is 7.10. The molecule has 1 aliphatic rings. The molecule has 0 saturated heterocycles. The summed E-state index contributed by atoms with van der Waals surface area (Å²) in [7, 11) is 1.53. The van der Waals surface area contributed by atoms with Gasteiger partial charge in [-0.15, -0.1) is 0 Å². The summed E-state index contributed by atoms with van der Waals surface area (Å²) < 4.78 is 18.5. The molecule has 1 atom stereocenters. The van der Waals surface area contributed by atoms with E-state index in [-0.39, 0.29) is 11.3 Å². The summed E-state index contributed by atoms with van der Waals surface area (Å²) in [5.74, 6) is -1.06. The van der Waals surface area contributed by atoms with E-state index in [0.29, 0.717) is 34.4 Å². The summed E-state index contributed by atoms with van der Waals surface area (Å²) in [4.78, 5) is 34.2. The SMILES string of the molecule is COc1cc([C@@H]2C(C(=O)c3cc4ccccc4o3)=C(O)C(=O)N2c2nc3c(C)cc(C)cc3s2)ccc1OCc1ccccc1. The number of aromatic nitrogens is 1. The summed E-state index contributed by atoms with van der Waals surface area (Å²) >= 11 is 1.32. The fraction of sp³-hybridized carbons (Fsp3) is 0.139. The van der Waals surface area contributed by atoms with E-state index in [1.165, 1.54) is 23.3 Å². The molecule has 3 heterocycles. The van der Waals surface area contributed by atoms with Gasteiger partial charge in [-0.05, 0) is 66.4 Å². The lowest BCUT2D eigenvalue weighted by Crippen LogP contribution is -2.31. The van der Waals surface area contributed by atoms with Gasteiger partial charge >= 0.3 is 0 Å². The first kappa shape index (κ1) is 28.4. The van der Waals surface area contributed by atoms with Gasteiger partial charge in [0.2, 0.25) is 5.78 Å². The number of fused-ring (bicyclic) bond motifs is 2. The van der Waals surface area contributed by atoms with E-state index in [9.17, 15) is 14.7 Å². The molecule has 224 valence electrons. The Bertz CT molecular complexity index is 2110. The predicted molar refractivity (Wildman–Crippen MR) is 173 cm³/mol. The Labute approximate surface area is 262 Å². The van der Waals surface area contributed by atoms with E-state index in [1.54, 1.807) is 30.3 Å². The molecule has 0 aliphatic carbocycles. The molecule has 0 radical (unpaired) electrons. The predicted octanol–water partition coefficient (Wildman–Crippen LogP) is 8.03. The fourth-order valence-electron chi connectivity index (χ4n) is 5.75. The molecular weight excluding hydrogens is 588 g/mol. The van der Waals surface area contributed by atoms with Gasteiger partial charge in [-0.25, -0.2) is 4.98 Å². The molecule has 9 heteroatoms. The zero-order valence-electron chi connectivity index (χ0n) is 24.7. The molecule has 1 N–H and O–H groups in total. The van der Waals surface area contributed by atoms with Gasteiger partial charge in [-0.3, -0.25) is 14.5 Å². The molecule has 4 aromatic carbocycles. The fourth-order valence-corrected chi connectivity index (χ4v) is 6.92. The molecule has 6 aromatic rings. The van der Waals surface area contributed by atoms with Crippen LogP contribution in [-0.2, 0) is 11.4 Å². The van der Waals surface area contributed by atoms with Gasteiger partial charge in [0.25, 0.3) is 5.91 Å². The van der Waals surface area contributed by atoms with Crippen molar-refractivity contribution in [3.63, 3.8) is 0 Å². The van der Waals surface area contributed by atoms with Crippen molar-refractivity contribution < 1.29 is 28.6 Å². The molecule has 0 unspecified atom stereocenters. The first-order chi connectivity index (χ1) is 21.8. The number of benzene rings is 4. The van der Waals surface area contributed by atoms with Gasteiger partial charge in [0.15, 0.2) is 28.1 Å². The molecule has 1 amide bonds. The van der Waals surface area contributed by atoms with E-state index in [4.69, 9.17) is 18.9 Å². The topological polar surface area (TPSA) is 102 Å². The first-order valence-corrected chi connectivity index (χ1v) is 15.2. The maximum absolute atomic E-state index is 14.1. The number of ketones is 1. The number of amides is 1. The van der Waals surface area contributed by atoms with Crippen molar-refractivity contribution in [2.45, 2.75) is 26.5 Å². The van der Waals surface area contributed by atoms with Crippen LogP contribution in [0.4, 0.5) is 5.13 Å². The van der Waals surface area contributed by atoms with Crippen molar-refractivity contribution >= 4 is 49.3 Å². The van der Waals surface area contributed by atoms with Gasteiger partial charge in [0, 0.05) is 5.39 Å². The second-order valence-electron chi connectivity index (χ2n) is 10.9. The Morgan fingerprint density at radius 2 is 1.76 bits per heavy atom. The van der Waals surface area contributed by atoms with Crippen molar-refractivity contribution in [1.29, 1.82) is 0 Å². The minimum absolute atomic E-state index is 0.0166. The highest BCUT2D eigenvalue weighted by molar-refractivity contribution is 7.22. The molecule has 8 nitrogen and oxygen atoms in total. The van der Waals surface area contributed by atoms with Crippen LogP contribution >= 0.6 is 11.3 Å². The van der Waals surface area contributed by atoms with Crippen molar-refractivity contribution in [2.75, 3.05) is 12.0 Å². The average Bonchev–Trinajstić information content (AvgIpc) is 3.74. The van der Waals surface area contributed by atoms with E-state index >= 15 is 0 Å². The number of thiazole rings is 1. The Hall–Kier alpha value is -5.41. The first-order valence-electron chi connectivity index (χ1n) is 14.3. The number of aliphatic hydroxyl groups excluding tert-OH is 1. The number of rotatable bonds is 8. The van der Waals surface area contributed by atoms with Crippen LogP contribution in [0, 0.1) is 13.8 Å². The molecule has 1 aliphatic heterocycles. The number of carbonyl (C=O) groups excluding carboxylic acids is 2. The smallest absolute Gasteiger partial charge is 0.296 e. The van der Waals surface area contributed by atoms with Gasteiger partial charge in [-0.2, -0.15) is 0 Å². The zero-order chi connectivity index (χ0) is 31.2. The Balaban J connectivity index is 1.34. The van der Waals surface area contributed by atoms with E-state index in [2.05, 4.69) is 0 Å². The summed E-state index contributed by atoms with van der Waals surface area (Å²) in [6, 6.07) is 26.9. The number of aliphatic hydroxyl groups is 1. The number of carbonyl (C=O) groups is 2. The Morgan fingerprint density at radius 3 is 2.53 bits per heavy atom. The highest BCUT2D eigenvalue weighted by Crippen LogP contribution is 2.46. The van der Waals surface area contributed by atoms with Crippen LogP contribution in [-0.4, -0.2) is 28.9 Å². The minimum atomic E-state index is -1.02. The van der Waals surface area contributed by atoms with E-state index in [0.717, 1.165) is 32.3 Å². The van der Waals surface area contributed by atoms with Crippen LogP contribution < -0.4 is 14.4 Å². The summed E-state index contributed by atoms with van der Waals surface area (Å²) in [5, 5.41) is 12.4. The van der Waals surface area contributed by atoms with Crippen molar-refractivity contribution in [1.82, 2.24) is 4.98 Å². The largest absolute Gasteiger partial charge is 0.503 e. The molecule has 0 spiro atoms. The van der Waals surface area contributed by atoms with Crippen molar-refractivity contribution in [3.05, 3.63) is 130 Å². The highest BCUT2D eigenvalue weighted by atomic mass is 32.1. The van der Waals surface area contributed by atoms with Crippen LogP contribution in [0.3, 0.4) is 0 Å². The number of para-hydroxylation sites is 1. The van der Waals surface area contributed by atoms with E-state index < -0.39 is 23.5 Å². The summed E-state index contributed by atoms with van der Waals surface area (Å²) in [6.45, 7) is 4.29. The number of aryl methyl sites for hydroxylation is 2. The van der Waals surface area contributed by atoms with Gasteiger partial charge in [0.1, 0.15) is 12.2 Å². The third kappa shape index (κ3) is 5.01. The highest BCUT2D eigenvalue weighted by Gasteiger charge is 2.47. The van der Waals surface area contributed by atoms with Crippen LogP contribution in [0.25, 0.3) is 21.2 Å². The van der Waals surface area contributed by atoms with Crippen LogP contribution in [0.2, 0.25) is 0 Å². The number of Topliss-reactive ketones (excluding diaryl/α,β-unsaturated/α-hetero) is 1. The van der Waals surface area contributed by atoms with Gasteiger partial charge in [-0.1, -0.05) is 72.0 Å². The quantitative estimate of drug-likeness (QED) is 0.173. The van der Waals surface area contributed by atoms with Crippen molar-refractivity contribution in [3.8, 4) is 11.5 Å². The molecular formula is C36H28N2O6S. The molecule has 0 saturated carbocycles. The number of ether oxygens (including phenoxy) is 2. The lowest BCUT2D eigenvalue weighted by Gasteiger charge is -2.25. The van der Waals surface area contributed by atoms with Gasteiger partial charge < -0.3 is 19.0 Å². The van der Waals surface area contributed by atoms with Crippen LogP contribution in [0.1, 0.15) is 38.9 Å². The number of hydrogen-bond donors (Lipinski definition) is 1. The average molecular weight is 617 g/mol. The molecule has 2 aromatic heterocycles. The second-order valence-corrected chi connectivity index (χ2v) is 11.9. The van der Waals surface area contributed by atoms with Crippen molar-refractivity contribution in [2.24, 2.45) is 0 Å². The number of furan rings is 1. The molecule has 0 bridgehead atoms. The number of nitrogens with zero attached hydrogens (tertiary/aromatic N) is 2. The minimum Gasteiger partial charge on any atom is -0.503 e. The second kappa shape index (κ2) is 11.3. The standard InChI is InChI=1S/C36H28N2O6S/c1-20-15-21(2)31-29(16-20)45-36(37-31)38-32(24-13-14-26(27(18-24)42-3)43-19-22-9-5-4-6-10-22)30(34(40)35(38)41)33(39)28-17-23-11-7-8-12-25(23)44-28/h4-18,32,40H,19H2,1-3H3/t32-/m1/s1. The number of hydrogen-bond acceptors (Lipinski definition) is 8. The molecule has 0 fully saturated rings. The third-order valence-electron chi connectivity index (χ3n) is 7.87. The zero-order valence-corrected chi connectivity index (χ0v) is 25.6. The third-order valence-corrected chi connectivity index (χ3v) is 8.87. The normalized spacial score (nSPS) is 15.0. The maximum atomic E-state index is 14.1. The van der Waals surface area contributed by atoms with E-state index in [1.807, 2.05) is 74.5 Å².